The van der Waals surface area contributed by atoms with Gasteiger partial charge in [0.2, 0.25) is 0 Å². The van der Waals surface area contributed by atoms with Crippen molar-refractivity contribution >= 4 is 17.3 Å². The maximum Gasteiger partial charge on any atom is 0.180 e. The fourth-order valence-electron chi connectivity index (χ4n) is 1.65. The molecule has 0 spiro atoms. The lowest BCUT2D eigenvalue weighted by Gasteiger charge is -2.13. The molecule has 0 saturated carbocycles. The van der Waals surface area contributed by atoms with Gasteiger partial charge in [0.1, 0.15) is 5.82 Å². The Labute approximate surface area is 99.8 Å². The van der Waals surface area contributed by atoms with Crippen LogP contribution in [0.25, 0.3) is 5.65 Å². The van der Waals surface area contributed by atoms with Crippen molar-refractivity contribution in [3.05, 3.63) is 18.6 Å². The zero-order valence-electron chi connectivity index (χ0n) is 10.1. The van der Waals surface area contributed by atoms with E-state index < -0.39 is 0 Å². The molecule has 6 heteroatoms. The summed E-state index contributed by atoms with van der Waals surface area (Å²) >= 11 is 0. The minimum atomic E-state index is 0.123. The van der Waals surface area contributed by atoms with Gasteiger partial charge in [0.15, 0.2) is 11.5 Å². The van der Waals surface area contributed by atoms with Gasteiger partial charge in [-0.1, -0.05) is 0 Å². The van der Waals surface area contributed by atoms with Crippen LogP contribution in [0.3, 0.4) is 0 Å². The lowest BCUT2D eigenvalue weighted by atomic mass is 10.4. The molecule has 6 nitrogen and oxygen atoms in total. The van der Waals surface area contributed by atoms with E-state index in [9.17, 15) is 0 Å². The van der Waals surface area contributed by atoms with E-state index in [1.807, 2.05) is 24.4 Å². The number of ether oxygens (including phenoxy) is 1. The van der Waals surface area contributed by atoms with Crippen LogP contribution in [0.15, 0.2) is 18.6 Å². The van der Waals surface area contributed by atoms with E-state index in [1.165, 1.54) is 0 Å². The Morgan fingerprint density at radius 1 is 1.59 bits per heavy atom. The summed E-state index contributed by atoms with van der Waals surface area (Å²) in [7, 11) is 0. The fourth-order valence-corrected chi connectivity index (χ4v) is 1.65. The Bertz CT molecular complexity index is 496. The third-order valence-corrected chi connectivity index (χ3v) is 2.40. The highest BCUT2D eigenvalue weighted by Gasteiger charge is 2.07. The van der Waals surface area contributed by atoms with Gasteiger partial charge in [0, 0.05) is 25.5 Å². The summed E-state index contributed by atoms with van der Waals surface area (Å²) in [5, 5.41) is 3.20. The summed E-state index contributed by atoms with van der Waals surface area (Å²) in [5.74, 6) is 1.14. The highest BCUT2D eigenvalue weighted by atomic mass is 16.5. The van der Waals surface area contributed by atoms with E-state index >= 15 is 0 Å². The van der Waals surface area contributed by atoms with E-state index in [2.05, 4.69) is 15.3 Å². The predicted molar refractivity (Wildman–Crippen MR) is 67.0 cm³/mol. The smallest absolute Gasteiger partial charge is 0.180 e. The number of aromatic nitrogens is 3. The highest BCUT2D eigenvalue weighted by Crippen LogP contribution is 2.14. The molecule has 0 bridgehead atoms. The maximum atomic E-state index is 5.72. The zero-order valence-corrected chi connectivity index (χ0v) is 10.1. The second kappa shape index (κ2) is 5.01. The molecule has 0 fully saturated rings. The number of hydrogen-bond donors (Lipinski definition) is 2. The number of nitrogen functional groups attached to an aromatic ring is 1. The Morgan fingerprint density at radius 2 is 2.41 bits per heavy atom. The summed E-state index contributed by atoms with van der Waals surface area (Å²) in [6, 6.07) is 0. The van der Waals surface area contributed by atoms with Crippen molar-refractivity contribution in [2.45, 2.75) is 20.0 Å². The molecule has 1 unspecified atom stereocenters. The number of rotatable bonds is 5. The van der Waals surface area contributed by atoms with Gasteiger partial charge in [-0.3, -0.25) is 0 Å². The molecule has 17 heavy (non-hydrogen) atoms. The Hall–Kier alpha value is -1.82. The molecule has 0 radical (unpaired) electrons. The molecule has 0 saturated heterocycles. The number of anilines is 2. The maximum absolute atomic E-state index is 5.72. The average molecular weight is 235 g/mol. The molecule has 3 N–H and O–H groups in total. The minimum absolute atomic E-state index is 0.123. The first-order valence-electron chi connectivity index (χ1n) is 5.65. The average Bonchev–Trinajstić information content (AvgIpc) is 2.74. The van der Waals surface area contributed by atoms with Crippen molar-refractivity contribution in [3.63, 3.8) is 0 Å². The van der Waals surface area contributed by atoms with Gasteiger partial charge in [-0.15, -0.1) is 0 Å². The quantitative estimate of drug-likeness (QED) is 0.812. The second-order valence-corrected chi connectivity index (χ2v) is 3.82. The van der Waals surface area contributed by atoms with Crippen LogP contribution in [0.2, 0.25) is 0 Å². The van der Waals surface area contributed by atoms with Crippen LogP contribution < -0.4 is 11.1 Å². The molecule has 0 aromatic carbocycles. The third kappa shape index (κ3) is 2.65. The molecule has 2 rings (SSSR count). The van der Waals surface area contributed by atoms with Crippen LogP contribution in [0.5, 0.6) is 0 Å². The highest BCUT2D eigenvalue weighted by molar-refractivity contribution is 5.64. The van der Waals surface area contributed by atoms with Gasteiger partial charge in [-0.05, 0) is 13.8 Å². The monoisotopic (exact) mass is 235 g/mol. The van der Waals surface area contributed by atoms with Gasteiger partial charge < -0.3 is 20.2 Å². The Balaban J connectivity index is 2.14. The summed E-state index contributed by atoms with van der Waals surface area (Å²) in [6.45, 7) is 5.35. The molecule has 92 valence electrons. The lowest BCUT2D eigenvalue weighted by Crippen LogP contribution is -2.20. The van der Waals surface area contributed by atoms with Crippen LogP contribution in [0, 0.1) is 0 Å². The number of nitrogens with zero attached hydrogens (tertiary/aromatic N) is 3. The molecule has 0 aliphatic carbocycles. The molecule has 1 atom stereocenters. The number of fused-ring (bicyclic) bond motifs is 1. The summed E-state index contributed by atoms with van der Waals surface area (Å²) in [4.78, 5) is 8.46. The van der Waals surface area contributed by atoms with Crippen molar-refractivity contribution in [2.24, 2.45) is 0 Å². The fraction of sp³-hybridized carbons (Fsp3) is 0.455. The van der Waals surface area contributed by atoms with Crippen LogP contribution in [0.1, 0.15) is 13.8 Å². The topological polar surface area (TPSA) is 77.5 Å². The molecular weight excluding hydrogens is 218 g/mol. The van der Waals surface area contributed by atoms with Gasteiger partial charge in [0.05, 0.1) is 12.3 Å². The number of nitrogens with one attached hydrogen (secondary N) is 1. The van der Waals surface area contributed by atoms with Crippen molar-refractivity contribution in [3.8, 4) is 0 Å². The zero-order chi connectivity index (χ0) is 12.3. The predicted octanol–water partition coefficient (Wildman–Crippen LogP) is 1.15. The first kappa shape index (κ1) is 11.7. The van der Waals surface area contributed by atoms with Crippen LogP contribution in [0.4, 0.5) is 11.6 Å². The SMILES string of the molecule is CCOC(C)CNc1nc(N)cn2ccnc12. The first-order chi connectivity index (χ1) is 8.20. The van der Waals surface area contributed by atoms with E-state index in [-0.39, 0.29) is 6.10 Å². The second-order valence-electron chi connectivity index (χ2n) is 3.82. The van der Waals surface area contributed by atoms with Crippen molar-refractivity contribution < 1.29 is 4.74 Å². The third-order valence-electron chi connectivity index (χ3n) is 2.40. The van der Waals surface area contributed by atoms with E-state index in [0.29, 0.717) is 24.8 Å². The molecule has 2 heterocycles. The molecule has 2 aromatic heterocycles. The minimum Gasteiger partial charge on any atom is -0.382 e. The van der Waals surface area contributed by atoms with Crippen molar-refractivity contribution in [1.29, 1.82) is 0 Å². The van der Waals surface area contributed by atoms with Crippen LogP contribution >= 0.6 is 0 Å². The standard InChI is InChI=1S/C11H17N5O/c1-3-17-8(2)6-14-10-11-13-4-5-16(11)7-9(12)15-10/h4-5,7-8H,3,6,12H2,1-2H3,(H,14,15). The van der Waals surface area contributed by atoms with Crippen LogP contribution in [-0.4, -0.2) is 33.6 Å². The largest absolute Gasteiger partial charge is 0.382 e. The number of hydrogen-bond acceptors (Lipinski definition) is 5. The summed E-state index contributed by atoms with van der Waals surface area (Å²) in [6.07, 6.45) is 5.41. The van der Waals surface area contributed by atoms with Gasteiger partial charge >= 0.3 is 0 Å². The van der Waals surface area contributed by atoms with Gasteiger partial charge in [-0.2, -0.15) is 0 Å². The number of nitrogens with two attached hydrogens (primary N) is 1. The van der Waals surface area contributed by atoms with Crippen molar-refractivity contribution in [1.82, 2.24) is 14.4 Å². The molecular formula is C11H17N5O. The number of imidazole rings is 1. The van der Waals surface area contributed by atoms with Crippen molar-refractivity contribution in [2.75, 3.05) is 24.2 Å². The van der Waals surface area contributed by atoms with Crippen LogP contribution in [-0.2, 0) is 4.74 Å². The lowest BCUT2D eigenvalue weighted by molar-refractivity contribution is 0.0855. The first-order valence-corrected chi connectivity index (χ1v) is 5.65. The van der Waals surface area contributed by atoms with E-state index in [4.69, 9.17) is 10.5 Å². The normalized spacial score (nSPS) is 12.8. The molecule has 0 aliphatic heterocycles. The Morgan fingerprint density at radius 3 is 3.18 bits per heavy atom. The summed E-state index contributed by atoms with van der Waals surface area (Å²) in [5.41, 5.74) is 6.48. The molecule has 0 aliphatic rings. The summed E-state index contributed by atoms with van der Waals surface area (Å²) < 4.78 is 7.28. The Kier molecular flexibility index (Phi) is 3.43. The van der Waals surface area contributed by atoms with Gasteiger partial charge in [-0.25, -0.2) is 9.97 Å². The molecule has 0 amide bonds. The van der Waals surface area contributed by atoms with E-state index in [1.54, 1.807) is 12.4 Å². The van der Waals surface area contributed by atoms with Gasteiger partial charge in [0.25, 0.3) is 0 Å². The van der Waals surface area contributed by atoms with E-state index in [0.717, 1.165) is 5.65 Å². The molecule has 2 aromatic rings.